The van der Waals surface area contributed by atoms with E-state index in [-0.39, 0.29) is 11.1 Å². The molecule has 1 aliphatic rings. The maximum Gasteiger partial charge on any atom is 0.293 e. The number of imide groups is 1. The number of halogens is 1. The molecular weight excluding hydrogens is 361 g/mol. The van der Waals surface area contributed by atoms with Crippen LogP contribution in [-0.2, 0) is 4.79 Å². The van der Waals surface area contributed by atoms with Crippen LogP contribution in [0.1, 0.15) is 18.9 Å². The first-order chi connectivity index (χ1) is 8.63. The van der Waals surface area contributed by atoms with E-state index in [9.17, 15) is 9.59 Å². The fourth-order valence-electron chi connectivity index (χ4n) is 1.65. The van der Waals surface area contributed by atoms with Crippen LogP contribution >= 0.6 is 34.4 Å². The topological polar surface area (TPSA) is 37.4 Å². The van der Waals surface area contributed by atoms with Gasteiger partial charge in [-0.1, -0.05) is 25.1 Å². The second kappa shape index (κ2) is 5.88. The fourth-order valence-corrected chi connectivity index (χ4v) is 3.05. The van der Waals surface area contributed by atoms with E-state index in [4.69, 9.17) is 0 Å². The van der Waals surface area contributed by atoms with Crippen molar-refractivity contribution in [3.05, 3.63) is 38.3 Å². The van der Waals surface area contributed by atoms with Crippen molar-refractivity contribution in [3.63, 3.8) is 0 Å². The minimum absolute atomic E-state index is 0.168. The molecule has 2 amide bonds. The lowest BCUT2D eigenvalue weighted by molar-refractivity contribution is -0.122. The molecule has 18 heavy (non-hydrogen) atoms. The molecule has 0 bridgehead atoms. The number of rotatable bonds is 3. The number of hydrogen-bond acceptors (Lipinski definition) is 3. The number of amides is 2. The maximum atomic E-state index is 12.0. The predicted molar refractivity (Wildman–Crippen MR) is 82.1 cm³/mol. The summed E-state index contributed by atoms with van der Waals surface area (Å²) in [6, 6.07) is 7.78. The van der Waals surface area contributed by atoms with Gasteiger partial charge in [-0.25, -0.2) is 0 Å². The van der Waals surface area contributed by atoms with Crippen LogP contribution in [0, 0.1) is 3.57 Å². The third-order valence-electron chi connectivity index (χ3n) is 2.51. The average molecular weight is 373 g/mol. The summed E-state index contributed by atoms with van der Waals surface area (Å²) in [4.78, 5) is 25.5. The van der Waals surface area contributed by atoms with Gasteiger partial charge in [0, 0.05) is 10.1 Å². The Kier molecular flexibility index (Phi) is 4.45. The number of carbonyl (C=O) groups is 2. The van der Waals surface area contributed by atoms with Crippen molar-refractivity contribution in [1.82, 2.24) is 4.90 Å². The predicted octanol–water partition coefficient (Wildman–Crippen LogP) is 3.74. The first kappa shape index (κ1) is 13.6. The zero-order chi connectivity index (χ0) is 13.1. The molecule has 0 aliphatic carbocycles. The Bertz CT molecular complexity index is 527. The highest BCUT2D eigenvalue weighted by atomic mass is 127. The Balaban J connectivity index is 2.28. The summed E-state index contributed by atoms with van der Waals surface area (Å²) < 4.78 is 1.07. The van der Waals surface area contributed by atoms with Gasteiger partial charge < -0.3 is 0 Å². The number of thioether (sulfide) groups is 1. The molecule has 94 valence electrons. The summed E-state index contributed by atoms with van der Waals surface area (Å²) in [5.41, 5.74) is 0.972. The first-order valence-electron chi connectivity index (χ1n) is 5.63. The zero-order valence-corrected chi connectivity index (χ0v) is 12.8. The Morgan fingerprint density at radius 1 is 1.33 bits per heavy atom. The number of hydrogen-bond donors (Lipinski definition) is 0. The van der Waals surface area contributed by atoms with Gasteiger partial charge >= 0.3 is 0 Å². The van der Waals surface area contributed by atoms with E-state index in [2.05, 4.69) is 22.6 Å². The molecule has 1 aromatic carbocycles. The lowest BCUT2D eigenvalue weighted by atomic mass is 10.2. The SMILES string of the molecule is CCCN1C(=O)SC(=Cc2ccccc2I)C1=O. The van der Waals surface area contributed by atoms with Crippen LogP contribution < -0.4 is 0 Å². The molecule has 2 rings (SSSR count). The third kappa shape index (κ3) is 2.77. The van der Waals surface area contributed by atoms with Crippen LogP contribution in [0.15, 0.2) is 29.2 Å². The molecule has 1 fully saturated rings. The highest BCUT2D eigenvalue weighted by Crippen LogP contribution is 2.32. The van der Waals surface area contributed by atoms with Gasteiger partial charge in [0.1, 0.15) is 0 Å². The monoisotopic (exact) mass is 373 g/mol. The Hall–Kier alpha value is -0.820. The van der Waals surface area contributed by atoms with Crippen molar-refractivity contribution in [1.29, 1.82) is 0 Å². The molecule has 0 spiro atoms. The van der Waals surface area contributed by atoms with E-state index < -0.39 is 0 Å². The van der Waals surface area contributed by atoms with Crippen LogP contribution in [0.2, 0.25) is 0 Å². The summed E-state index contributed by atoms with van der Waals surface area (Å²) in [7, 11) is 0. The van der Waals surface area contributed by atoms with Gasteiger partial charge in [-0.15, -0.1) is 0 Å². The van der Waals surface area contributed by atoms with Gasteiger partial charge in [-0.3, -0.25) is 14.5 Å². The summed E-state index contributed by atoms with van der Waals surface area (Å²) in [6.07, 6.45) is 2.58. The lowest BCUT2D eigenvalue weighted by Crippen LogP contribution is -2.28. The van der Waals surface area contributed by atoms with Crippen LogP contribution in [-0.4, -0.2) is 22.6 Å². The Morgan fingerprint density at radius 2 is 2.06 bits per heavy atom. The van der Waals surface area contributed by atoms with E-state index >= 15 is 0 Å². The van der Waals surface area contributed by atoms with E-state index in [1.165, 1.54) is 4.90 Å². The first-order valence-corrected chi connectivity index (χ1v) is 7.53. The van der Waals surface area contributed by atoms with Crippen LogP contribution in [0.3, 0.4) is 0 Å². The van der Waals surface area contributed by atoms with Crippen LogP contribution in [0.25, 0.3) is 6.08 Å². The van der Waals surface area contributed by atoms with Crippen molar-refractivity contribution >= 4 is 51.6 Å². The molecule has 1 aromatic rings. The van der Waals surface area contributed by atoms with Crippen molar-refractivity contribution in [2.75, 3.05) is 6.54 Å². The van der Waals surface area contributed by atoms with Gasteiger partial charge in [0.15, 0.2) is 0 Å². The van der Waals surface area contributed by atoms with E-state index in [0.29, 0.717) is 11.4 Å². The molecule has 1 aliphatic heterocycles. The molecule has 1 saturated heterocycles. The number of carbonyl (C=O) groups excluding carboxylic acids is 2. The number of nitrogens with zero attached hydrogens (tertiary/aromatic N) is 1. The summed E-state index contributed by atoms with van der Waals surface area (Å²) in [5.74, 6) is -0.175. The summed E-state index contributed by atoms with van der Waals surface area (Å²) >= 11 is 3.24. The Labute approximate surface area is 124 Å². The van der Waals surface area contributed by atoms with E-state index in [1.807, 2.05) is 31.2 Å². The lowest BCUT2D eigenvalue weighted by Gasteiger charge is -2.09. The molecule has 0 saturated carbocycles. The molecule has 0 radical (unpaired) electrons. The summed E-state index contributed by atoms with van der Waals surface area (Å²) in [6.45, 7) is 2.45. The molecule has 3 nitrogen and oxygen atoms in total. The summed E-state index contributed by atoms with van der Waals surface area (Å²) in [5, 5.41) is -0.168. The smallest absolute Gasteiger partial charge is 0.268 e. The third-order valence-corrected chi connectivity index (χ3v) is 4.40. The zero-order valence-electron chi connectivity index (χ0n) is 9.85. The second-order valence-corrected chi connectivity index (χ2v) is 6.01. The van der Waals surface area contributed by atoms with Crippen molar-refractivity contribution in [2.45, 2.75) is 13.3 Å². The van der Waals surface area contributed by atoms with E-state index in [1.54, 1.807) is 6.08 Å². The minimum atomic E-state index is -0.175. The van der Waals surface area contributed by atoms with Crippen LogP contribution in [0.5, 0.6) is 0 Å². The quantitative estimate of drug-likeness (QED) is 0.599. The maximum absolute atomic E-state index is 12.0. The number of benzene rings is 1. The van der Waals surface area contributed by atoms with Crippen molar-refractivity contribution < 1.29 is 9.59 Å². The standard InChI is InChI=1S/C13H12INO2S/c1-2-7-15-12(16)11(18-13(15)17)8-9-5-3-4-6-10(9)14/h3-6,8H,2,7H2,1H3. The fraction of sp³-hybridized carbons (Fsp3) is 0.231. The molecule has 5 heteroatoms. The van der Waals surface area contributed by atoms with Crippen LogP contribution in [0.4, 0.5) is 4.79 Å². The Morgan fingerprint density at radius 3 is 2.72 bits per heavy atom. The van der Waals surface area contributed by atoms with Gasteiger partial charge in [0.25, 0.3) is 11.1 Å². The van der Waals surface area contributed by atoms with Gasteiger partial charge in [0.2, 0.25) is 0 Å². The highest BCUT2D eigenvalue weighted by molar-refractivity contribution is 14.1. The highest BCUT2D eigenvalue weighted by Gasteiger charge is 2.34. The molecular formula is C13H12INO2S. The molecule has 0 unspecified atom stereocenters. The van der Waals surface area contributed by atoms with Gasteiger partial charge in [0.05, 0.1) is 4.91 Å². The molecule has 0 atom stereocenters. The molecule has 0 aromatic heterocycles. The van der Waals surface area contributed by atoms with Gasteiger partial charge in [-0.05, 0) is 58.5 Å². The van der Waals surface area contributed by atoms with Crippen molar-refractivity contribution in [2.24, 2.45) is 0 Å². The van der Waals surface area contributed by atoms with E-state index in [0.717, 1.165) is 27.3 Å². The average Bonchev–Trinajstić information content (AvgIpc) is 2.60. The molecule has 0 N–H and O–H groups in total. The largest absolute Gasteiger partial charge is 0.293 e. The molecule has 1 heterocycles. The minimum Gasteiger partial charge on any atom is -0.268 e. The normalized spacial score (nSPS) is 17.9. The van der Waals surface area contributed by atoms with Crippen molar-refractivity contribution in [3.8, 4) is 0 Å². The second-order valence-electron chi connectivity index (χ2n) is 3.85. The van der Waals surface area contributed by atoms with Gasteiger partial charge in [-0.2, -0.15) is 0 Å².